The van der Waals surface area contributed by atoms with Crippen LogP contribution < -0.4 is 10.6 Å². The van der Waals surface area contributed by atoms with Gasteiger partial charge in [-0.15, -0.1) is 11.8 Å². The van der Waals surface area contributed by atoms with E-state index < -0.39 is 0 Å². The summed E-state index contributed by atoms with van der Waals surface area (Å²) in [6.45, 7) is 4.00. The first-order valence-electron chi connectivity index (χ1n) is 9.91. The van der Waals surface area contributed by atoms with Crippen molar-refractivity contribution in [1.82, 2.24) is 5.32 Å². The third-order valence-electron chi connectivity index (χ3n) is 4.68. The molecule has 0 bridgehead atoms. The Hall–Kier alpha value is -3.05. The molecule has 0 saturated carbocycles. The summed E-state index contributed by atoms with van der Waals surface area (Å²) in [7, 11) is 0. The van der Waals surface area contributed by atoms with Gasteiger partial charge in [-0.25, -0.2) is 0 Å². The number of carbonyl (C=O) groups excluding carboxylic acids is 2. The molecular weight excluding hydrogens is 392 g/mol. The Morgan fingerprint density at radius 3 is 2.43 bits per heavy atom. The van der Waals surface area contributed by atoms with Crippen LogP contribution in [0.5, 0.6) is 0 Å². The maximum absolute atomic E-state index is 12.8. The molecule has 0 aliphatic heterocycles. The summed E-state index contributed by atoms with van der Waals surface area (Å²) in [5, 5.41) is 5.88. The minimum atomic E-state index is -0.213. The Morgan fingerprint density at radius 2 is 1.67 bits per heavy atom. The maximum atomic E-state index is 12.8. The van der Waals surface area contributed by atoms with Gasteiger partial charge in [-0.05, 0) is 37.1 Å². The molecule has 2 amide bonds. The van der Waals surface area contributed by atoms with Gasteiger partial charge in [-0.3, -0.25) is 9.59 Å². The van der Waals surface area contributed by atoms with Crippen molar-refractivity contribution in [2.75, 3.05) is 11.1 Å². The molecule has 0 spiro atoms. The summed E-state index contributed by atoms with van der Waals surface area (Å²) < 4.78 is 0. The molecule has 0 aliphatic rings. The number of carbonyl (C=O) groups is 2. The summed E-state index contributed by atoms with van der Waals surface area (Å²) >= 11 is 1.55. The highest BCUT2D eigenvalue weighted by Gasteiger charge is 2.16. The smallest absolute Gasteiger partial charge is 0.253 e. The fourth-order valence-corrected chi connectivity index (χ4v) is 3.91. The van der Waals surface area contributed by atoms with E-state index in [-0.39, 0.29) is 17.9 Å². The first kappa shape index (κ1) is 21.7. The van der Waals surface area contributed by atoms with E-state index in [0.29, 0.717) is 17.0 Å². The lowest BCUT2D eigenvalue weighted by Gasteiger charge is -2.16. The van der Waals surface area contributed by atoms with Crippen LogP contribution in [0.3, 0.4) is 0 Å². The van der Waals surface area contributed by atoms with Crippen molar-refractivity contribution in [2.24, 2.45) is 0 Å². The van der Waals surface area contributed by atoms with Crippen LogP contribution in [0.15, 0.2) is 78.9 Å². The van der Waals surface area contributed by atoms with Gasteiger partial charge >= 0.3 is 0 Å². The van der Waals surface area contributed by atoms with Gasteiger partial charge in [0.1, 0.15) is 0 Å². The Bertz CT molecular complexity index is 1000. The van der Waals surface area contributed by atoms with Gasteiger partial charge in [0.05, 0.1) is 23.0 Å². The van der Waals surface area contributed by atoms with Crippen LogP contribution >= 0.6 is 11.8 Å². The molecular formula is C25H26N2O2S. The van der Waals surface area contributed by atoms with E-state index in [2.05, 4.69) is 35.8 Å². The number of hydrogen-bond acceptors (Lipinski definition) is 3. The lowest BCUT2D eigenvalue weighted by Crippen LogP contribution is -2.28. The molecule has 1 atom stereocenters. The zero-order valence-electron chi connectivity index (χ0n) is 17.2. The summed E-state index contributed by atoms with van der Waals surface area (Å²) in [5.74, 6) is 0.759. The highest BCUT2D eigenvalue weighted by atomic mass is 32.2. The predicted molar refractivity (Wildman–Crippen MR) is 125 cm³/mol. The van der Waals surface area contributed by atoms with E-state index in [1.807, 2.05) is 49.4 Å². The van der Waals surface area contributed by atoms with Crippen molar-refractivity contribution < 1.29 is 9.59 Å². The van der Waals surface area contributed by atoms with Crippen molar-refractivity contribution in [3.63, 3.8) is 0 Å². The number of para-hydroxylation sites is 1. The van der Waals surface area contributed by atoms with E-state index >= 15 is 0 Å². The minimum Gasteiger partial charge on any atom is -0.345 e. The molecule has 3 aromatic rings. The second-order valence-corrected chi connectivity index (χ2v) is 8.17. The van der Waals surface area contributed by atoms with Gasteiger partial charge in [0.25, 0.3) is 5.91 Å². The van der Waals surface area contributed by atoms with Crippen molar-refractivity contribution in [1.29, 1.82) is 0 Å². The molecule has 30 heavy (non-hydrogen) atoms. The molecule has 1 unspecified atom stereocenters. The largest absolute Gasteiger partial charge is 0.345 e. The SMILES string of the molecule is Cc1cccc(CSCC(=O)Nc2ccccc2C(=O)NC(C)c2ccccc2)c1. The standard InChI is InChI=1S/C25H26N2O2S/c1-18-9-8-10-20(15-18)16-30-17-24(28)27-23-14-7-6-13-22(23)25(29)26-19(2)21-11-4-3-5-12-21/h3-15,19H,16-17H2,1-2H3,(H,26,29)(H,27,28). The highest BCUT2D eigenvalue weighted by Crippen LogP contribution is 2.19. The molecule has 5 heteroatoms. The van der Waals surface area contributed by atoms with E-state index in [9.17, 15) is 9.59 Å². The van der Waals surface area contributed by atoms with Crippen molar-refractivity contribution >= 4 is 29.3 Å². The highest BCUT2D eigenvalue weighted by molar-refractivity contribution is 7.99. The van der Waals surface area contributed by atoms with Crippen LogP contribution in [0, 0.1) is 6.92 Å². The van der Waals surface area contributed by atoms with Crippen molar-refractivity contribution in [3.05, 3.63) is 101 Å². The fourth-order valence-electron chi connectivity index (χ4n) is 3.14. The Morgan fingerprint density at radius 1 is 0.933 bits per heavy atom. The van der Waals surface area contributed by atoms with Crippen LogP contribution in [0.25, 0.3) is 0 Å². The molecule has 0 heterocycles. The lowest BCUT2D eigenvalue weighted by molar-refractivity contribution is -0.113. The summed E-state index contributed by atoms with van der Waals surface area (Å²) in [5.41, 5.74) is 4.42. The second-order valence-electron chi connectivity index (χ2n) is 7.18. The van der Waals surface area contributed by atoms with Gasteiger partial charge < -0.3 is 10.6 Å². The topological polar surface area (TPSA) is 58.2 Å². The number of amides is 2. The third kappa shape index (κ3) is 6.22. The van der Waals surface area contributed by atoms with E-state index in [1.165, 1.54) is 11.1 Å². The summed E-state index contributed by atoms with van der Waals surface area (Å²) in [6, 6.07) is 25.0. The van der Waals surface area contributed by atoms with Gasteiger partial charge in [-0.1, -0.05) is 72.3 Å². The fraction of sp³-hybridized carbons (Fsp3) is 0.200. The molecule has 2 N–H and O–H groups in total. The molecule has 0 aliphatic carbocycles. The quantitative estimate of drug-likeness (QED) is 0.518. The van der Waals surface area contributed by atoms with Crippen LogP contribution in [-0.2, 0) is 10.5 Å². The van der Waals surface area contributed by atoms with Gasteiger partial charge in [0, 0.05) is 5.75 Å². The number of hydrogen-bond donors (Lipinski definition) is 2. The van der Waals surface area contributed by atoms with E-state index in [0.717, 1.165) is 11.3 Å². The lowest BCUT2D eigenvalue weighted by atomic mass is 10.1. The average molecular weight is 419 g/mol. The molecule has 4 nitrogen and oxygen atoms in total. The van der Waals surface area contributed by atoms with E-state index in [4.69, 9.17) is 0 Å². The molecule has 0 saturated heterocycles. The van der Waals surface area contributed by atoms with Gasteiger partial charge in [0.2, 0.25) is 5.91 Å². The zero-order valence-corrected chi connectivity index (χ0v) is 18.0. The van der Waals surface area contributed by atoms with Crippen LogP contribution in [0.1, 0.15) is 40.0 Å². The summed E-state index contributed by atoms with van der Waals surface area (Å²) in [4.78, 5) is 25.2. The number of aryl methyl sites for hydroxylation is 1. The summed E-state index contributed by atoms with van der Waals surface area (Å²) in [6.07, 6.45) is 0. The monoisotopic (exact) mass is 418 g/mol. The van der Waals surface area contributed by atoms with Crippen molar-refractivity contribution in [3.8, 4) is 0 Å². The Balaban J connectivity index is 1.57. The first-order valence-corrected chi connectivity index (χ1v) is 11.1. The number of rotatable bonds is 8. The zero-order chi connectivity index (χ0) is 21.3. The molecule has 3 rings (SSSR count). The molecule has 0 fully saturated rings. The molecule has 0 radical (unpaired) electrons. The van der Waals surface area contributed by atoms with Crippen molar-refractivity contribution in [2.45, 2.75) is 25.6 Å². The van der Waals surface area contributed by atoms with Gasteiger partial charge in [-0.2, -0.15) is 0 Å². The number of nitrogens with one attached hydrogen (secondary N) is 2. The van der Waals surface area contributed by atoms with Crippen LogP contribution in [0.2, 0.25) is 0 Å². The molecule has 0 aromatic heterocycles. The third-order valence-corrected chi connectivity index (χ3v) is 5.68. The average Bonchev–Trinajstić information content (AvgIpc) is 2.74. The molecule has 154 valence electrons. The van der Waals surface area contributed by atoms with Gasteiger partial charge in [0.15, 0.2) is 0 Å². The maximum Gasteiger partial charge on any atom is 0.253 e. The van der Waals surface area contributed by atoms with Crippen LogP contribution in [-0.4, -0.2) is 17.6 Å². The normalized spacial score (nSPS) is 11.5. The predicted octanol–water partition coefficient (Wildman–Crippen LogP) is 5.36. The number of benzene rings is 3. The number of anilines is 1. The molecule has 3 aromatic carbocycles. The first-order chi connectivity index (χ1) is 14.5. The Kier molecular flexibility index (Phi) is 7.69. The van der Waals surface area contributed by atoms with Crippen LogP contribution in [0.4, 0.5) is 5.69 Å². The minimum absolute atomic E-state index is 0.121. The number of thioether (sulfide) groups is 1. The second kappa shape index (κ2) is 10.6. The Labute approximate surface area is 182 Å². The van der Waals surface area contributed by atoms with E-state index in [1.54, 1.807) is 30.0 Å².